The summed E-state index contributed by atoms with van der Waals surface area (Å²) in [5.41, 5.74) is 2.29. The second-order valence-electron chi connectivity index (χ2n) is 5.07. The smallest absolute Gasteiger partial charge is 0.0991 e. The summed E-state index contributed by atoms with van der Waals surface area (Å²) in [7, 11) is 0. The molecule has 19 heavy (non-hydrogen) atoms. The van der Waals surface area contributed by atoms with Crippen molar-refractivity contribution in [2.75, 3.05) is 11.9 Å². The number of nitrogens with zero attached hydrogens (tertiary/aromatic N) is 2. The lowest BCUT2D eigenvalue weighted by Gasteiger charge is -2.28. The van der Waals surface area contributed by atoms with Crippen molar-refractivity contribution in [1.82, 2.24) is 9.55 Å². The largest absolute Gasteiger partial charge is 0.382 e. The van der Waals surface area contributed by atoms with Crippen molar-refractivity contribution in [1.29, 1.82) is 0 Å². The highest BCUT2D eigenvalue weighted by Crippen LogP contribution is 2.20. The van der Waals surface area contributed by atoms with Gasteiger partial charge in [-0.15, -0.1) is 0 Å². The van der Waals surface area contributed by atoms with Crippen LogP contribution in [0.15, 0.2) is 43.0 Å². The van der Waals surface area contributed by atoms with Crippen LogP contribution in [0.1, 0.15) is 19.8 Å². The lowest BCUT2D eigenvalue weighted by molar-refractivity contribution is 0.0232. The minimum Gasteiger partial charge on any atom is -0.382 e. The van der Waals surface area contributed by atoms with Crippen LogP contribution in [-0.2, 0) is 4.74 Å². The van der Waals surface area contributed by atoms with Gasteiger partial charge >= 0.3 is 0 Å². The molecule has 0 saturated carbocycles. The Kier molecular flexibility index (Phi) is 3.51. The first kappa shape index (κ1) is 12.2. The average molecular weight is 257 g/mol. The van der Waals surface area contributed by atoms with Crippen LogP contribution in [-0.4, -0.2) is 28.3 Å². The molecule has 3 rings (SSSR count). The van der Waals surface area contributed by atoms with Gasteiger partial charge in [-0.1, -0.05) is 6.07 Å². The fraction of sp³-hybridized carbons (Fsp3) is 0.400. The minimum atomic E-state index is 0.350. The first-order valence-electron chi connectivity index (χ1n) is 6.78. The predicted octanol–water partition coefficient (Wildman–Crippen LogP) is 2.85. The highest BCUT2D eigenvalue weighted by Gasteiger charge is 2.18. The molecule has 2 unspecified atom stereocenters. The number of hydrogen-bond acceptors (Lipinski definition) is 3. The van der Waals surface area contributed by atoms with Gasteiger partial charge in [-0.25, -0.2) is 4.98 Å². The zero-order valence-electron chi connectivity index (χ0n) is 11.1. The van der Waals surface area contributed by atoms with Crippen LogP contribution in [0.25, 0.3) is 5.69 Å². The molecule has 1 aliphatic heterocycles. The van der Waals surface area contributed by atoms with E-state index in [0.717, 1.165) is 30.8 Å². The molecule has 1 aromatic carbocycles. The third-order valence-corrected chi connectivity index (χ3v) is 3.50. The number of imidazole rings is 1. The van der Waals surface area contributed by atoms with Crippen LogP contribution in [0, 0.1) is 0 Å². The lowest BCUT2D eigenvalue weighted by atomic mass is 10.0. The Labute approximate surface area is 113 Å². The quantitative estimate of drug-likeness (QED) is 0.919. The van der Waals surface area contributed by atoms with E-state index in [4.69, 9.17) is 4.74 Å². The van der Waals surface area contributed by atoms with Crippen molar-refractivity contribution < 1.29 is 4.74 Å². The Bertz CT molecular complexity index is 524. The summed E-state index contributed by atoms with van der Waals surface area (Å²) in [6.07, 6.45) is 8.04. The monoisotopic (exact) mass is 257 g/mol. The van der Waals surface area contributed by atoms with Crippen molar-refractivity contribution in [3.05, 3.63) is 43.0 Å². The molecule has 1 fully saturated rings. The van der Waals surface area contributed by atoms with Gasteiger partial charge in [-0.3, -0.25) is 0 Å². The number of nitrogens with one attached hydrogen (secondary N) is 1. The van der Waals surface area contributed by atoms with Crippen molar-refractivity contribution in [3.8, 4) is 5.69 Å². The summed E-state index contributed by atoms with van der Waals surface area (Å²) >= 11 is 0. The van der Waals surface area contributed by atoms with E-state index in [2.05, 4.69) is 41.5 Å². The Hall–Kier alpha value is -1.81. The number of aromatic nitrogens is 2. The van der Waals surface area contributed by atoms with Crippen LogP contribution in [0.2, 0.25) is 0 Å². The zero-order chi connectivity index (χ0) is 13.1. The maximum atomic E-state index is 5.58. The molecule has 2 aromatic rings. The van der Waals surface area contributed by atoms with Crippen LogP contribution < -0.4 is 5.32 Å². The van der Waals surface area contributed by atoms with Gasteiger partial charge in [0, 0.05) is 36.4 Å². The summed E-state index contributed by atoms with van der Waals surface area (Å²) < 4.78 is 7.59. The van der Waals surface area contributed by atoms with Crippen LogP contribution >= 0.6 is 0 Å². The summed E-state index contributed by atoms with van der Waals surface area (Å²) in [4.78, 5) is 4.08. The molecule has 2 atom stereocenters. The molecule has 2 heterocycles. The summed E-state index contributed by atoms with van der Waals surface area (Å²) in [6, 6.07) is 8.92. The number of rotatable bonds is 3. The first-order chi connectivity index (χ1) is 9.31. The zero-order valence-corrected chi connectivity index (χ0v) is 11.1. The maximum absolute atomic E-state index is 5.58. The van der Waals surface area contributed by atoms with Gasteiger partial charge in [0.25, 0.3) is 0 Å². The highest BCUT2D eigenvalue weighted by atomic mass is 16.5. The molecule has 1 saturated heterocycles. The third kappa shape index (κ3) is 2.96. The molecule has 0 amide bonds. The molecule has 0 bridgehead atoms. The van der Waals surface area contributed by atoms with Gasteiger partial charge in [0.15, 0.2) is 0 Å². The minimum absolute atomic E-state index is 0.350. The van der Waals surface area contributed by atoms with Crippen molar-refractivity contribution in [2.24, 2.45) is 0 Å². The van der Waals surface area contributed by atoms with Gasteiger partial charge < -0.3 is 14.6 Å². The standard InChI is InChI=1S/C15H19N3O/c1-12-9-14(5-8-19-12)17-13-3-2-4-15(10-13)18-7-6-16-11-18/h2-4,6-7,10-12,14,17H,5,8-9H2,1H3. The van der Waals surface area contributed by atoms with Crippen molar-refractivity contribution >= 4 is 5.69 Å². The third-order valence-electron chi connectivity index (χ3n) is 3.50. The predicted molar refractivity (Wildman–Crippen MR) is 75.6 cm³/mol. The molecular formula is C15H19N3O. The second kappa shape index (κ2) is 5.45. The molecule has 4 heteroatoms. The Morgan fingerprint density at radius 2 is 2.37 bits per heavy atom. The highest BCUT2D eigenvalue weighted by molar-refractivity contribution is 5.51. The fourth-order valence-corrected chi connectivity index (χ4v) is 2.53. The molecule has 4 nitrogen and oxygen atoms in total. The van der Waals surface area contributed by atoms with Gasteiger partial charge in [-0.05, 0) is 38.0 Å². The normalized spacial score (nSPS) is 23.2. The van der Waals surface area contributed by atoms with Crippen LogP contribution in [0.4, 0.5) is 5.69 Å². The Balaban J connectivity index is 1.73. The van der Waals surface area contributed by atoms with Crippen LogP contribution in [0.5, 0.6) is 0 Å². The molecule has 0 spiro atoms. The molecular weight excluding hydrogens is 238 g/mol. The topological polar surface area (TPSA) is 39.1 Å². The van der Waals surface area contributed by atoms with Gasteiger partial charge in [0.1, 0.15) is 0 Å². The fourth-order valence-electron chi connectivity index (χ4n) is 2.53. The Morgan fingerprint density at radius 1 is 1.42 bits per heavy atom. The average Bonchev–Trinajstić information content (AvgIpc) is 2.93. The van der Waals surface area contributed by atoms with Gasteiger partial charge in [-0.2, -0.15) is 0 Å². The van der Waals surface area contributed by atoms with E-state index in [-0.39, 0.29) is 0 Å². The molecule has 1 aliphatic rings. The van der Waals surface area contributed by atoms with Gasteiger partial charge in [0.2, 0.25) is 0 Å². The molecule has 1 N–H and O–H groups in total. The van der Waals surface area contributed by atoms with E-state index in [1.807, 2.05) is 17.1 Å². The lowest BCUT2D eigenvalue weighted by Crippen LogP contribution is -2.32. The first-order valence-corrected chi connectivity index (χ1v) is 6.78. The van der Waals surface area contributed by atoms with E-state index in [1.165, 1.54) is 0 Å². The number of ether oxygens (including phenoxy) is 1. The van der Waals surface area contributed by atoms with Crippen molar-refractivity contribution in [3.63, 3.8) is 0 Å². The molecule has 0 aliphatic carbocycles. The number of hydrogen-bond donors (Lipinski definition) is 1. The van der Waals surface area contributed by atoms with E-state index < -0.39 is 0 Å². The molecule has 1 aromatic heterocycles. The Morgan fingerprint density at radius 3 is 3.16 bits per heavy atom. The summed E-state index contributed by atoms with van der Waals surface area (Å²) in [5, 5.41) is 3.60. The number of anilines is 1. The van der Waals surface area contributed by atoms with E-state index >= 15 is 0 Å². The second-order valence-corrected chi connectivity index (χ2v) is 5.07. The molecule has 0 radical (unpaired) electrons. The summed E-state index contributed by atoms with van der Waals surface area (Å²) in [6.45, 7) is 2.98. The van der Waals surface area contributed by atoms with Crippen LogP contribution in [0.3, 0.4) is 0 Å². The summed E-state index contributed by atoms with van der Waals surface area (Å²) in [5.74, 6) is 0. The van der Waals surface area contributed by atoms with Crippen molar-refractivity contribution in [2.45, 2.75) is 31.9 Å². The van der Waals surface area contributed by atoms with E-state index in [9.17, 15) is 0 Å². The van der Waals surface area contributed by atoms with E-state index in [0.29, 0.717) is 12.1 Å². The van der Waals surface area contributed by atoms with Gasteiger partial charge in [0.05, 0.1) is 12.4 Å². The SMILES string of the molecule is CC1CC(Nc2cccc(-n3ccnc3)c2)CCO1. The molecule has 100 valence electrons. The maximum Gasteiger partial charge on any atom is 0.0991 e. The number of benzene rings is 1. The van der Waals surface area contributed by atoms with E-state index in [1.54, 1.807) is 6.20 Å².